The lowest BCUT2D eigenvalue weighted by Crippen LogP contribution is -2.27. The van der Waals surface area contributed by atoms with Crippen LogP contribution in [0.4, 0.5) is 5.69 Å². The normalized spacial score (nSPS) is 12.0. The molecule has 1 aliphatic heterocycles. The maximum Gasteiger partial charge on any atom is 0.338 e. The Bertz CT molecular complexity index is 806. The van der Waals surface area contributed by atoms with Crippen molar-refractivity contribution in [3.63, 3.8) is 0 Å². The first-order chi connectivity index (χ1) is 12.5. The van der Waals surface area contributed by atoms with E-state index < -0.39 is 0 Å². The van der Waals surface area contributed by atoms with Crippen LogP contribution in [0.15, 0.2) is 42.5 Å². The molecular weight excluding hydrogens is 352 g/mol. The lowest BCUT2D eigenvalue weighted by Gasteiger charge is -2.12. The average molecular weight is 372 g/mol. The predicted molar refractivity (Wildman–Crippen MR) is 103 cm³/mol. The largest absolute Gasteiger partial charge is 0.459 e. The van der Waals surface area contributed by atoms with Crippen LogP contribution < -0.4 is 20.1 Å². The van der Waals surface area contributed by atoms with Crippen LogP contribution in [-0.4, -0.2) is 24.0 Å². The molecule has 2 aromatic rings. The van der Waals surface area contributed by atoms with Gasteiger partial charge in [-0.05, 0) is 68.0 Å². The fourth-order valence-corrected chi connectivity index (χ4v) is 2.57. The molecule has 0 bridgehead atoms. The second-order valence-corrected chi connectivity index (χ2v) is 6.43. The SMILES string of the molecule is CC(C)OC(=O)c1ccc(NC(=S)NCc2ccc3c(c2)OCO3)cc1. The van der Waals surface area contributed by atoms with E-state index in [4.69, 9.17) is 26.4 Å². The van der Waals surface area contributed by atoms with Crippen molar-refractivity contribution < 1.29 is 19.0 Å². The first-order valence-electron chi connectivity index (χ1n) is 8.25. The number of hydrogen-bond acceptors (Lipinski definition) is 5. The Labute approximate surface area is 157 Å². The van der Waals surface area contributed by atoms with Crippen molar-refractivity contribution in [1.82, 2.24) is 5.32 Å². The Morgan fingerprint density at radius 1 is 1.15 bits per heavy atom. The summed E-state index contributed by atoms with van der Waals surface area (Å²) in [5.74, 6) is 1.16. The number of rotatable bonds is 5. The van der Waals surface area contributed by atoms with Crippen molar-refractivity contribution >= 4 is 29.0 Å². The molecule has 0 radical (unpaired) electrons. The van der Waals surface area contributed by atoms with E-state index in [1.165, 1.54) is 0 Å². The number of nitrogens with one attached hydrogen (secondary N) is 2. The molecule has 0 spiro atoms. The Morgan fingerprint density at radius 3 is 2.62 bits per heavy atom. The van der Waals surface area contributed by atoms with Gasteiger partial charge in [0.15, 0.2) is 16.6 Å². The van der Waals surface area contributed by atoms with E-state index in [1.807, 2.05) is 32.0 Å². The number of carbonyl (C=O) groups is 1. The molecule has 0 aromatic heterocycles. The summed E-state index contributed by atoms with van der Waals surface area (Å²) < 4.78 is 15.8. The Hall–Kier alpha value is -2.80. The molecular formula is C19H20N2O4S. The van der Waals surface area contributed by atoms with E-state index >= 15 is 0 Å². The van der Waals surface area contributed by atoms with Crippen LogP contribution in [0.5, 0.6) is 11.5 Å². The number of anilines is 1. The van der Waals surface area contributed by atoms with E-state index in [9.17, 15) is 4.79 Å². The van der Waals surface area contributed by atoms with Gasteiger partial charge in [-0.25, -0.2) is 4.79 Å². The van der Waals surface area contributed by atoms with Gasteiger partial charge < -0.3 is 24.8 Å². The molecule has 7 heteroatoms. The summed E-state index contributed by atoms with van der Waals surface area (Å²) in [5.41, 5.74) is 2.32. The van der Waals surface area contributed by atoms with Crippen molar-refractivity contribution in [3.05, 3.63) is 53.6 Å². The van der Waals surface area contributed by atoms with E-state index in [0.29, 0.717) is 17.2 Å². The van der Waals surface area contributed by atoms with Gasteiger partial charge in [-0.3, -0.25) is 0 Å². The standard InChI is InChI=1S/C19H20N2O4S/c1-12(2)25-18(22)14-4-6-15(7-5-14)21-19(26)20-10-13-3-8-16-17(9-13)24-11-23-16/h3-9,12H,10-11H2,1-2H3,(H2,20,21,26). The number of benzene rings is 2. The summed E-state index contributed by atoms with van der Waals surface area (Å²) in [6.45, 7) is 4.45. The lowest BCUT2D eigenvalue weighted by atomic mass is 10.2. The van der Waals surface area contributed by atoms with Crippen molar-refractivity contribution in [3.8, 4) is 11.5 Å². The van der Waals surface area contributed by atoms with Crippen molar-refractivity contribution in [1.29, 1.82) is 0 Å². The Kier molecular flexibility index (Phi) is 5.58. The summed E-state index contributed by atoms with van der Waals surface area (Å²) in [5, 5.41) is 6.70. The average Bonchev–Trinajstić information content (AvgIpc) is 3.07. The fourth-order valence-electron chi connectivity index (χ4n) is 2.38. The van der Waals surface area contributed by atoms with Crippen LogP contribution in [0.3, 0.4) is 0 Å². The van der Waals surface area contributed by atoms with Gasteiger partial charge in [-0.1, -0.05) is 6.07 Å². The smallest absolute Gasteiger partial charge is 0.338 e. The van der Waals surface area contributed by atoms with E-state index in [1.54, 1.807) is 24.3 Å². The van der Waals surface area contributed by atoms with E-state index in [-0.39, 0.29) is 18.9 Å². The zero-order chi connectivity index (χ0) is 18.5. The third-order valence-corrected chi connectivity index (χ3v) is 3.86. The second kappa shape index (κ2) is 8.05. The molecule has 3 rings (SSSR count). The van der Waals surface area contributed by atoms with Crippen molar-refractivity contribution in [2.75, 3.05) is 12.1 Å². The number of thiocarbonyl (C=S) groups is 1. The van der Waals surface area contributed by atoms with Gasteiger partial charge >= 0.3 is 5.97 Å². The van der Waals surface area contributed by atoms with Gasteiger partial charge in [-0.2, -0.15) is 0 Å². The molecule has 0 atom stereocenters. The van der Waals surface area contributed by atoms with E-state index in [2.05, 4.69) is 10.6 Å². The maximum atomic E-state index is 11.8. The zero-order valence-electron chi connectivity index (χ0n) is 14.6. The van der Waals surface area contributed by atoms with Crippen LogP contribution in [0.1, 0.15) is 29.8 Å². The minimum Gasteiger partial charge on any atom is -0.459 e. The van der Waals surface area contributed by atoms with E-state index in [0.717, 1.165) is 22.7 Å². The molecule has 0 unspecified atom stereocenters. The highest BCUT2D eigenvalue weighted by Gasteiger charge is 2.13. The van der Waals surface area contributed by atoms with Gasteiger partial charge in [0.1, 0.15) is 0 Å². The highest BCUT2D eigenvalue weighted by molar-refractivity contribution is 7.80. The Morgan fingerprint density at radius 2 is 1.88 bits per heavy atom. The quantitative estimate of drug-likeness (QED) is 0.615. The van der Waals surface area contributed by atoms with Crippen LogP contribution in [0, 0.1) is 0 Å². The van der Waals surface area contributed by atoms with Gasteiger partial charge in [0.05, 0.1) is 11.7 Å². The van der Waals surface area contributed by atoms with Crippen LogP contribution >= 0.6 is 12.2 Å². The number of carbonyl (C=O) groups excluding carboxylic acids is 1. The highest BCUT2D eigenvalue weighted by Crippen LogP contribution is 2.32. The highest BCUT2D eigenvalue weighted by atomic mass is 32.1. The third-order valence-electron chi connectivity index (χ3n) is 3.61. The minimum absolute atomic E-state index is 0.145. The molecule has 136 valence electrons. The molecule has 2 N–H and O–H groups in total. The first-order valence-corrected chi connectivity index (χ1v) is 8.66. The summed E-state index contributed by atoms with van der Waals surface area (Å²) >= 11 is 5.31. The number of hydrogen-bond donors (Lipinski definition) is 2. The third kappa shape index (κ3) is 4.64. The number of ether oxygens (including phenoxy) is 3. The molecule has 2 aromatic carbocycles. The van der Waals surface area contributed by atoms with Crippen LogP contribution in [0.2, 0.25) is 0 Å². The lowest BCUT2D eigenvalue weighted by molar-refractivity contribution is 0.0378. The molecule has 0 saturated heterocycles. The molecule has 1 aliphatic rings. The molecule has 0 saturated carbocycles. The molecule has 26 heavy (non-hydrogen) atoms. The number of fused-ring (bicyclic) bond motifs is 1. The second-order valence-electron chi connectivity index (χ2n) is 6.03. The van der Waals surface area contributed by atoms with Crippen molar-refractivity contribution in [2.45, 2.75) is 26.5 Å². The minimum atomic E-state index is -0.338. The summed E-state index contributed by atoms with van der Waals surface area (Å²) in [6, 6.07) is 12.7. The molecule has 1 heterocycles. The molecule has 6 nitrogen and oxygen atoms in total. The fraction of sp³-hybridized carbons (Fsp3) is 0.263. The molecule has 0 fully saturated rings. The Balaban J connectivity index is 1.51. The predicted octanol–water partition coefficient (Wildman–Crippen LogP) is 3.47. The van der Waals surface area contributed by atoms with Crippen molar-refractivity contribution in [2.24, 2.45) is 0 Å². The first kappa shape index (κ1) is 18.0. The molecule has 0 aliphatic carbocycles. The van der Waals surface area contributed by atoms with Gasteiger partial charge in [-0.15, -0.1) is 0 Å². The summed E-state index contributed by atoms with van der Waals surface area (Å²) in [7, 11) is 0. The monoisotopic (exact) mass is 372 g/mol. The summed E-state index contributed by atoms with van der Waals surface area (Å²) in [6.07, 6.45) is -0.145. The van der Waals surface area contributed by atoms with Gasteiger partial charge in [0.25, 0.3) is 0 Å². The van der Waals surface area contributed by atoms with Crippen LogP contribution in [0.25, 0.3) is 0 Å². The topological polar surface area (TPSA) is 68.8 Å². The maximum absolute atomic E-state index is 11.8. The van der Waals surface area contributed by atoms with Gasteiger partial charge in [0, 0.05) is 12.2 Å². The zero-order valence-corrected chi connectivity index (χ0v) is 15.4. The molecule has 0 amide bonds. The summed E-state index contributed by atoms with van der Waals surface area (Å²) in [4.78, 5) is 11.8. The number of esters is 1. The van der Waals surface area contributed by atoms with Gasteiger partial charge in [0.2, 0.25) is 6.79 Å². The van der Waals surface area contributed by atoms with Crippen LogP contribution in [-0.2, 0) is 11.3 Å².